The van der Waals surface area contributed by atoms with Gasteiger partial charge in [0.2, 0.25) is 0 Å². The number of carbonyl (C=O) groups excluding carboxylic acids is 1. The zero-order valence-electron chi connectivity index (χ0n) is 11.7. The maximum atomic E-state index is 10.9. The van der Waals surface area contributed by atoms with Crippen LogP contribution in [0.1, 0.15) is 31.4 Å². The molecule has 0 aliphatic rings. The van der Waals surface area contributed by atoms with Gasteiger partial charge in [-0.05, 0) is 25.8 Å². The summed E-state index contributed by atoms with van der Waals surface area (Å²) >= 11 is 0. The van der Waals surface area contributed by atoms with E-state index >= 15 is 0 Å². The van der Waals surface area contributed by atoms with Crippen molar-refractivity contribution in [3.05, 3.63) is 27.9 Å². The van der Waals surface area contributed by atoms with Gasteiger partial charge in [0.1, 0.15) is 11.5 Å². The first kappa shape index (κ1) is 15.9. The standard InChI is InChI=1S/C13H19N3O4/c1-10-11(16(18)19)7-8-12(15-10)14-9-5-3-4-6-13(17)20-2/h7-8H,3-6,9H2,1-2H3,(H,14,15). The van der Waals surface area contributed by atoms with E-state index in [1.807, 2.05) is 0 Å². The normalized spacial score (nSPS) is 10.1. The van der Waals surface area contributed by atoms with Gasteiger partial charge in [0, 0.05) is 19.0 Å². The highest BCUT2D eigenvalue weighted by Gasteiger charge is 2.11. The number of carbonyl (C=O) groups is 1. The lowest BCUT2D eigenvalue weighted by molar-refractivity contribution is -0.385. The Morgan fingerprint density at radius 2 is 2.15 bits per heavy atom. The number of aryl methyl sites for hydroxylation is 1. The van der Waals surface area contributed by atoms with Gasteiger partial charge in [0.15, 0.2) is 0 Å². The van der Waals surface area contributed by atoms with Crippen molar-refractivity contribution >= 4 is 17.5 Å². The molecule has 0 bridgehead atoms. The van der Waals surface area contributed by atoms with Crippen molar-refractivity contribution in [1.82, 2.24) is 4.98 Å². The van der Waals surface area contributed by atoms with Crippen molar-refractivity contribution < 1.29 is 14.5 Å². The molecule has 1 aromatic rings. The molecule has 1 heterocycles. The summed E-state index contributed by atoms with van der Waals surface area (Å²) in [4.78, 5) is 25.2. The van der Waals surface area contributed by atoms with E-state index in [9.17, 15) is 14.9 Å². The highest BCUT2D eigenvalue weighted by Crippen LogP contribution is 2.17. The number of nitrogens with one attached hydrogen (secondary N) is 1. The van der Waals surface area contributed by atoms with E-state index in [0.717, 1.165) is 19.3 Å². The summed E-state index contributed by atoms with van der Waals surface area (Å²) in [5, 5.41) is 13.8. The topological polar surface area (TPSA) is 94.4 Å². The smallest absolute Gasteiger partial charge is 0.305 e. The first-order chi connectivity index (χ1) is 9.54. The summed E-state index contributed by atoms with van der Waals surface area (Å²) < 4.78 is 4.55. The molecule has 0 unspecified atom stereocenters. The molecule has 0 radical (unpaired) electrons. The molecule has 0 spiro atoms. The number of rotatable bonds is 8. The van der Waals surface area contributed by atoms with Crippen LogP contribution in [0.3, 0.4) is 0 Å². The van der Waals surface area contributed by atoms with Gasteiger partial charge in [0.05, 0.1) is 12.0 Å². The quantitative estimate of drug-likeness (QED) is 0.340. The van der Waals surface area contributed by atoms with E-state index in [4.69, 9.17) is 0 Å². The summed E-state index contributed by atoms with van der Waals surface area (Å²) in [6.07, 6.45) is 3.04. The van der Waals surface area contributed by atoms with Crippen molar-refractivity contribution in [2.24, 2.45) is 0 Å². The van der Waals surface area contributed by atoms with Crippen LogP contribution in [0.5, 0.6) is 0 Å². The summed E-state index contributed by atoms with van der Waals surface area (Å²) in [5.41, 5.74) is 0.416. The highest BCUT2D eigenvalue weighted by atomic mass is 16.6. The Morgan fingerprint density at radius 1 is 1.40 bits per heavy atom. The van der Waals surface area contributed by atoms with E-state index in [1.54, 1.807) is 13.0 Å². The molecule has 0 amide bonds. The number of esters is 1. The zero-order valence-corrected chi connectivity index (χ0v) is 11.7. The molecule has 7 heteroatoms. The predicted molar refractivity (Wildman–Crippen MR) is 74.6 cm³/mol. The van der Waals surface area contributed by atoms with E-state index < -0.39 is 4.92 Å². The molecular weight excluding hydrogens is 262 g/mol. The number of hydrogen-bond donors (Lipinski definition) is 1. The third kappa shape index (κ3) is 5.21. The first-order valence-corrected chi connectivity index (χ1v) is 6.47. The van der Waals surface area contributed by atoms with Crippen molar-refractivity contribution in [3.63, 3.8) is 0 Å². The van der Waals surface area contributed by atoms with Crippen molar-refractivity contribution in [2.45, 2.75) is 32.6 Å². The Hall–Kier alpha value is -2.18. The van der Waals surface area contributed by atoms with Crippen molar-refractivity contribution in [1.29, 1.82) is 0 Å². The monoisotopic (exact) mass is 281 g/mol. The summed E-state index contributed by atoms with van der Waals surface area (Å²) in [6.45, 7) is 2.32. The fourth-order valence-corrected chi connectivity index (χ4v) is 1.73. The molecule has 0 aromatic carbocycles. The maximum Gasteiger partial charge on any atom is 0.305 e. The Labute approximate surface area is 117 Å². The van der Waals surface area contributed by atoms with Crippen molar-refractivity contribution in [2.75, 3.05) is 19.0 Å². The van der Waals surface area contributed by atoms with Crippen LogP contribution >= 0.6 is 0 Å². The van der Waals surface area contributed by atoms with Gasteiger partial charge >= 0.3 is 5.97 Å². The second kappa shape index (κ2) is 8.08. The average molecular weight is 281 g/mol. The van der Waals surface area contributed by atoms with Crippen LogP contribution in [0.25, 0.3) is 0 Å². The highest BCUT2D eigenvalue weighted by molar-refractivity contribution is 5.68. The molecule has 0 aliphatic heterocycles. The lowest BCUT2D eigenvalue weighted by atomic mass is 10.2. The molecule has 0 aliphatic carbocycles. The minimum absolute atomic E-state index is 0.0219. The lowest BCUT2D eigenvalue weighted by Crippen LogP contribution is -2.05. The SMILES string of the molecule is COC(=O)CCCCCNc1ccc([N+](=O)[O-])c(C)n1. The molecule has 1 rings (SSSR count). The average Bonchev–Trinajstić information content (AvgIpc) is 2.42. The molecular formula is C13H19N3O4. The predicted octanol–water partition coefficient (Wildman–Crippen LogP) is 2.44. The van der Waals surface area contributed by atoms with Crippen LogP contribution in [-0.4, -0.2) is 29.5 Å². The van der Waals surface area contributed by atoms with Gasteiger partial charge in [0.25, 0.3) is 5.69 Å². The molecule has 7 nitrogen and oxygen atoms in total. The minimum Gasteiger partial charge on any atom is -0.469 e. The molecule has 1 N–H and O–H groups in total. The lowest BCUT2D eigenvalue weighted by Gasteiger charge is -2.06. The summed E-state index contributed by atoms with van der Waals surface area (Å²) in [7, 11) is 1.38. The molecule has 0 saturated carbocycles. The van der Waals surface area contributed by atoms with Gasteiger partial charge in [-0.3, -0.25) is 14.9 Å². The van der Waals surface area contributed by atoms with Crippen LogP contribution in [0.15, 0.2) is 12.1 Å². The van der Waals surface area contributed by atoms with Crippen LogP contribution in [0, 0.1) is 17.0 Å². The largest absolute Gasteiger partial charge is 0.469 e. The molecule has 0 fully saturated rings. The van der Waals surface area contributed by atoms with Gasteiger partial charge in [-0.1, -0.05) is 6.42 Å². The number of hydrogen-bond acceptors (Lipinski definition) is 6. The number of pyridine rings is 1. The molecule has 0 atom stereocenters. The van der Waals surface area contributed by atoms with Crippen LogP contribution in [0.2, 0.25) is 0 Å². The molecule has 1 aromatic heterocycles. The summed E-state index contributed by atoms with van der Waals surface area (Å²) in [5.74, 6) is 0.437. The van der Waals surface area contributed by atoms with E-state index in [0.29, 0.717) is 24.5 Å². The molecule has 20 heavy (non-hydrogen) atoms. The Bertz CT molecular complexity index is 477. The van der Waals surface area contributed by atoms with Gasteiger partial charge in [-0.25, -0.2) is 4.98 Å². The van der Waals surface area contributed by atoms with Crippen LogP contribution < -0.4 is 5.32 Å². The number of ether oxygens (including phenoxy) is 1. The zero-order chi connectivity index (χ0) is 15.0. The second-order valence-corrected chi connectivity index (χ2v) is 4.37. The Kier molecular flexibility index (Phi) is 6.42. The third-order valence-electron chi connectivity index (χ3n) is 2.85. The molecule has 0 saturated heterocycles. The first-order valence-electron chi connectivity index (χ1n) is 6.47. The van der Waals surface area contributed by atoms with E-state index in [-0.39, 0.29) is 11.7 Å². The number of nitro groups is 1. The number of aromatic nitrogens is 1. The number of nitrogens with zero attached hydrogens (tertiary/aromatic N) is 2. The van der Waals surface area contributed by atoms with Crippen LogP contribution in [-0.2, 0) is 9.53 Å². The molecule has 110 valence electrons. The van der Waals surface area contributed by atoms with E-state index in [1.165, 1.54) is 13.2 Å². The van der Waals surface area contributed by atoms with Gasteiger partial charge in [-0.2, -0.15) is 0 Å². The van der Waals surface area contributed by atoms with Crippen molar-refractivity contribution in [3.8, 4) is 0 Å². The minimum atomic E-state index is -0.446. The fraction of sp³-hybridized carbons (Fsp3) is 0.538. The Balaban J connectivity index is 2.27. The second-order valence-electron chi connectivity index (χ2n) is 4.37. The number of unbranched alkanes of at least 4 members (excludes halogenated alkanes) is 2. The van der Waals surface area contributed by atoms with Gasteiger partial charge in [-0.15, -0.1) is 0 Å². The number of anilines is 1. The number of methoxy groups -OCH3 is 1. The summed E-state index contributed by atoms with van der Waals surface area (Å²) in [6, 6.07) is 3.04. The van der Waals surface area contributed by atoms with E-state index in [2.05, 4.69) is 15.0 Å². The van der Waals surface area contributed by atoms with Crippen LogP contribution in [0.4, 0.5) is 11.5 Å². The fourth-order valence-electron chi connectivity index (χ4n) is 1.73. The maximum absolute atomic E-state index is 10.9. The Morgan fingerprint density at radius 3 is 2.75 bits per heavy atom. The third-order valence-corrected chi connectivity index (χ3v) is 2.85. The van der Waals surface area contributed by atoms with Gasteiger partial charge < -0.3 is 10.1 Å².